The zero-order valence-electron chi connectivity index (χ0n) is 17.6. The fourth-order valence-electron chi connectivity index (χ4n) is 3.52. The Balaban J connectivity index is 2.01. The molecule has 0 fully saturated rings. The zero-order chi connectivity index (χ0) is 22.7. The molecule has 162 valence electrons. The van der Waals surface area contributed by atoms with E-state index in [1.807, 2.05) is 6.92 Å². The number of thiophene rings is 1. The van der Waals surface area contributed by atoms with Gasteiger partial charge in [-0.25, -0.2) is 4.98 Å². The first-order valence-electron chi connectivity index (χ1n) is 10.2. The van der Waals surface area contributed by atoms with E-state index in [9.17, 15) is 14.4 Å². The number of carbonyl (C=O) groups is 2. The van der Waals surface area contributed by atoms with E-state index < -0.39 is 12.0 Å². The van der Waals surface area contributed by atoms with Gasteiger partial charge in [-0.15, -0.1) is 11.3 Å². The average Bonchev–Trinajstić information content (AvgIpc) is 3.27. The molecule has 3 heterocycles. The monoisotopic (exact) mass is 447 g/mol. The van der Waals surface area contributed by atoms with Crippen molar-refractivity contribution in [2.24, 2.45) is 0 Å². The average molecular weight is 448 g/mol. The molecule has 3 aromatic heterocycles. The van der Waals surface area contributed by atoms with Crippen molar-refractivity contribution in [1.82, 2.24) is 14.5 Å². The van der Waals surface area contributed by atoms with Gasteiger partial charge in [0.25, 0.3) is 5.56 Å². The standard InChI is InChI=1S/C24H21N3O4S/c1-3-16-13-17-23(32-16)26-22(18-11-7-8-12-25-18)27(24(17)30)19(14-20(28)31-2)21(29)15-9-5-4-6-10-15/h4-13,19H,3,14H2,1-2H3. The third kappa shape index (κ3) is 4.09. The summed E-state index contributed by atoms with van der Waals surface area (Å²) >= 11 is 1.44. The minimum Gasteiger partial charge on any atom is -0.469 e. The molecule has 1 unspecified atom stereocenters. The minimum atomic E-state index is -1.13. The molecule has 0 saturated carbocycles. The van der Waals surface area contributed by atoms with E-state index in [0.717, 1.165) is 11.3 Å². The Labute approximate surface area is 188 Å². The van der Waals surface area contributed by atoms with E-state index in [1.165, 1.54) is 23.0 Å². The quantitative estimate of drug-likeness (QED) is 0.313. The number of hydrogen-bond acceptors (Lipinski definition) is 7. The van der Waals surface area contributed by atoms with Gasteiger partial charge in [-0.05, 0) is 24.6 Å². The predicted molar refractivity (Wildman–Crippen MR) is 123 cm³/mol. The third-order valence-corrected chi connectivity index (χ3v) is 6.32. The van der Waals surface area contributed by atoms with E-state index >= 15 is 0 Å². The van der Waals surface area contributed by atoms with Crippen LogP contribution < -0.4 is 5.56 Å². The van der Waals surface area contributed by atoms with E-state index in [1.54, 1.807) is 60.8 Å². The van der Waals surface area contributed by atoms with E-state index in [4.69, 9.17) is 9.72 Å². The summed E-state index contributed by atoms with van der Waals surface area (Å²) < 4.78 is 6.14. The maximum Gasteiger partial charge on any atom is 0.308 e. The van der Waals surface area contributed by atoms with Crippen LogP contribution in [-0.2, 0) is 16.0 Å². The van der Waals surface area contributed by atoms with Crippen molar-refractivity contribution in [1.29, 1.82) is 0 Å². The number of benzene rings is 1. The van der Waals surface area contributed by atoms with Crippen LogP contribution in [0.1, 0.15) is 34.6 Å². The minimum absolute atomic E-state index is 0.241. The number of rotatable bonds is 7. The smallest absolute Gasteiger partial charge is 0.308 e. The van der Waals surface area contributed by atoms with Gasteiger partial charge in [-0.2, -0.15) is 0 Å². The van der Waals surface area contributed by atoms with Gasteiger partial charge in [-0.3, -0.25) is 23.9 Å². The lowest BCUT2D eigenvalue weighted by Gasteiger charge is -2.21. The first-order chi connectivity index (χ1) is 15.5. The van der Waals surface area contributed by atoms with Crippen molar-refractivity contribution < 1.29 is 14.3 Å². The summed E-state index contributed by atoms with van der Waals surface area (Å²) in [6, 6.07) is 14.5. The van der Waals surface area contributed by atoms with Crippen LogP contribution in [0, 0.1) is 0 Å². The molecule has 0 radical (unpaired) electrons. The van der Waals surface area contributed by atoms with Crippen molar-refractivity contribution in [2.45, 2.75) is 25.8 Å². The van der Waals surface area contributed by atoms with Crippen LogP contribution in [0.15, 0.2) is 65.6 Å². The van der Waals surface area contributed by atoms with Gasteiger partial charge in [0.05, 0.1) is 18.9 Å². The number of methoxy groups -OCH3 is 1. The van der Waals surface area contributed by atoms with Crippen molar-refractivity contribution >= 4 is 33.3 Å². The van der Waals surface area contributed by atoms with Crippen molar-refractivity contribution in [3.8, 4) is 11.5 Å². The zero-order valence-corrected chi connectivity index (χ0v) is 18.5. The predicted octanol–water partition coefficient (Wildman–Crippen LogP) is 4.07. The Bertz CT molecular complexity index is 1330. The molecule has 0 N–H and O–H groups in total. The molecule has 1 atom stereocenters. The number of esters is 1. The van der Waals surface area contributed by atoms with Crippen LogP contribution in [0.25, 0.3) is 21.7 Å². The van der Waals surface area contributed by atoms with Gasteiger partial charge in [0.2, 0.25) is 0 Å². The molecule has 0 spiro atoms. The fourth-order valence-corrected chi connectivity index (χ4v) is 4.48. The number of aromatic nitrogens is 3. The number of aryl methyl sites for hydroxylation is 1. The summed E-state index contributed by atoms with van der Waals surface area (Å²) in [5, 5.41) is 0.419. The van der Waals surface area contributed by atoms with Crippen LogP contribution >= 0.6 is 11.3 Å². The summed E-state index contributed by atoms with van der Waals surface area (Å²) in [7, 11) is 1.25. The van der Waals surface area contributed by atoms with Crippen molar-refractivity contribution in [3.05, 3.63) is 81.6 Å². The van der Waals surface area contributed by atoms with Crippen LogP contribution in [0.2, 0.25) is 0 Å². The molecule has 0 aliphatic heterocycles. The number of pyridine rings is 1. The maximum atomic E-state index is 13.7. The lowest BCUT2D eigenvalue weighted by molar-refractivity contribution is -0.141. The molecule has 4 aromatic rings. The van der Waals surface area contributed by atoms with Gasteiger partial charge in [0.1, 0.15) is 16.6 Å². The van der Waals surface area contributed by atoms with Crippen molar-refractivity contribution in [3.63, 3.8) is 0 Å². The highest BCUT2D eigenvalue weighted by molar-refractivity contribution is 7.18. The van der Waals surface area contributed by atoms with Crippen LogP contribution in [0.4, 0.5) is 0 Å². The number of nitrogens with zero attached hydrogens (tertiary/aromatic N) is 3. The number of fused-ring (bicyclic) bond motifs is 1. The first-order valence-corrected chi connectivity index (χ1v) is 11.0. The fraction of sp³-hybridized carbons (Fsp3) is 0.208. The number of Topliss-reactive ketones (excluding diaryl/α,β-unsaturated/α-hetero) is 1. The largest absolute Gasteiger partial charge is 0.469 e. The van der Waals surface area contributed by atoms with Crippen molar-refractivity contribution in [2.75, 3.05) is 7.11 Å². The van der Waals surface area contributed by atoms with Gasteiger partial charge in [0.15, 0.2) is 11.6 Å². The Morgan fingerprint density at radius 2 is 1.88 bits per heavy atom. The number of hydrogen-bond donors (Lipinski definition) is 0. The molecule has 7 nitrogen and oxygen atoms in total. The van der Waals surface area contributed by atoms with E-state index in [0.29, 0.717) is 21.5 Å². The Morgan fingerprint density at radius 1 is 1.12 bits per heavy atom. The topological polar surface area (TPSA) is 91.2 Å². The maximum absolute atomic E-state index is 13.7. The molecule has 0 aliphatic rings. The summed E-state index contributed by atoms with van der Waals surface area (Å²) in [6.45, 7) is 2.00. The molecule has 32 heavy (non-hydrogen) atoms. The number of ketones is 1. The Hall–Kier alpha value is -3.65. The van der Waals surface area contributed by atoms with Gasteiger partial charge < -0.3 is 4.74 Å². The molecule has 0 amide bonds. The second-order valence-electron chi connectivity index (χ2n) is 7.14. The number of carbonyl (C=O) groups excluding carboxylic acids is 2. The normalized spacial score (nSPS) is 11.9. The highest BCUT2D eigenvalue weighted by Crippen LogP contribution is 2.28. The Morgan fingerprint density at radius 3 is 2.53 bits per heavy atom. The molecular weight excluding hydrogens is 426 g/mol. The summed E-state index contributed by atoms with van der Waals surface area (Å²) in [6.07, 6.45) is 2.05. The SMILES string of the molecule is CCc1cc2c(=O)n(C(CC(=O)OC)C(=O)c3ccccc3)c(-c3ccccn3)nc2s1. The van der Waals surface area contributed by atoms with E-state index in [2.05, 4.69) is 4.98 Å². The third-order valence-electron chi connectivity index (χ3n) is 5.15. The van der Waals surface area contributed by atoms with E-state index in [-0.39, 0.29) is 23.6 Å². The van der Waals surface area contributed by atoms with Gasteiger partial charge in [-0.1, -0.05) is 43.3 Å². The lowest BCUT2D eigenvalue weighted by atomic mass is 10.0. The molecule has 0 aliphatic carbocycles. The molecular formula is C24H21N3O4S. The summed E-state index contributed by atoms with van der Waals surface area (Å²) in [4.78, 5) is 50.2. The Kier molecular flexibility index (Phi) is 6.23. The molecule has 0 saturated heterocycles. The van der Waals surface area contributed by atoms with Crippen LogP contribution in [0.5, 0.6) is 0 Å². The second-order valence-corrected chi connectivity index (χ2v) is 8.25. The molecule has 4 rings (SSSR count). The molecule has 0 bridgehead atoms. The lowest BCUT2D eigenvalue weighted by Crippen LogP contribution is -2.34. The summed E-state index contributed by atoms with van der Waals surface area (Å²) in [5.74, 6) is -0.731. The van der Waals surface area contributed by atoms with Crippen LogP contribution in [-0.4, -0.2) is 33.4 Å². The highest BCUT2D eigenvalue weighted by Gasteiger charge is 2.30. The second kappa shape index (κ2) is 9.23. The van der Waals surface area contributed by atoms with Gasteiger partial charge >= 0.3 is 5.97 Å². The molecule has 1 aromatic carbocycles. The molecule has 8 heteroatoms. The van der Waals surface area contributed by atoms with Gasteiger partial charge in [0, 0.05) is 16.6 Å². The number of ether oxygens (including phenoxy) is 1. The summed E-state index contributed by atoms with van der Waals surface area (Å²) in [5.41, 5.74) is 0.443. The first kappa shape index (κ1) is 21.6. The van der Waals surface area contributed by atoms with Crippen LogP contribution in [0.3, 0.4) is 0 Å². The highest BCUT2D eigenvalue weighted by atomic mass is 32.1.